The number of aryl methyl sites for hydroxylation is 1. The van der Waals surface area contributed by atoms with Crippen molar-refractivity contribution in [2.24, 2.45) is 0 Å². The molecule has 0 spiro atoms. The van der Waals surface area contributed by atoms with Gasteiger partial charge in [0.2, 0.25) is 4.96 Å². The summed E-state index contributed by atoms with van der Waals surface area (Å²) in [6.07, 6.45) is 1.92. The number of aromatic nitrogens is 3. The quantitative estimate of drug-likeness (QED) is 0.762. The lowest BCUT2D eigenvalue weighted by molar-refractivity contribution is 0.0159. The minimum Gasteiger partial charge on any atom is -0.372 e. The van der Waals surface area contributed by atoms with Crippen LogP contribution in [-0.4, -0.2) is 21.7 Å². The van der Waals surface area contributed by atoms with E-state index in [9.17, 15) is 0 Å². The van der Waals surface area contributed by atoms with Crippen LogP contribution in [0.1, 0.15) is 24.5 Å². The van der Waals surface area contributed by atoms with E-state index in [1.54, 1.807) is 23.0 Å². The molecule has 76 valence electrons. The second-order valence-electron chi connectivity index (χ2n) is 3.69. The molecule has 0 N–H and O–H groups in total. The molecule has 2 rings (SSSR count). The molecule has 0 amide bonds. The van der Waals surface area contributed by atoms with Gasteiger partial charge < -0.3 is 4.74 Å². The van der Waals surface area contributed by atoms with Crippen LogP contribution in [0.4, 0.5) is 0 Å². The van der Waals surface area contributed by atoms with E-state index in [2.05, 4.69) is 10.1 Å². The molecule has 0 saturated heterocycles. The van der Waals surface area contributed by atoms with E-state index in [0.717, 1.165) is 15.7 Å². The fourth-order valence-corrected chi connectivity index (χ4v) is 1.92. The molecule has 0 fully saturated rings. The molecule has 2 aromatic heterocycles. The molecular formula is C9H13N3OS. The van der Waals surface area contributed by atoms with Gasteiger partial charge in [0.05, 0.1) is 11.9 Å². The molecule has 0 aliphatic heterocycles. The monoisotopic (exact) mass is 211 g/mol. The van der Waals surface area contributed by atoms with Gasteiger partial charge in [-0.05, 0) is 20.8 Å². The molecule has 0 atom stereocenters. The fraction of sp³-hybridized carbons (Fsp3) is 0.556. The van der Waals surface area contributed by atoms with Crippen molar-refractivity contribution in [1.29, 1.82) is 0 Å². The van der Waals surface area contributed by atoms with E-state index in [1.807, 2.05) is 27.0 Å². The third kappa shape index (κ3) is 1.42. The highest BCUT2D eigenvalue weighted by atomic mass is 32.1. The first kappa shape index (κ1) is 9.61. The highest BCUT2D eigenvalue weighted by Crippen LogP contribution is 2.24. The molecule has 5 heteroatoms. The van der Waals surface area contributed by atoms with Crippen LogP contribution in [-0.2, 0) is 10.3 Å². The van der Waals surface area contributed by atoms with Crippen LogP contribution < -0.4 is 0 Å². The summed E-state index contributed by atoms with van der Waals surface area (Å²) in [4.78, 5) is 5.39. The number of hydrogen-bond donors (Lipinski definition) is 0. The number of fused-ring (bicyclic) bond motifs is 1. The van der Waals surface area contributed by atoms with Gasteiger partial charge in [0.1, 0.15) is 10.6 Å². The summed E-state index contributed by atoms with van der Waals surface area (Å²) in [5, 5.41) is 5.32. The van der Waals surface area contributed by atoms with Crippen molar-refractivity contribution in [3.8, 4) is 0 Å². The van der Waals surface area contributed by atoms with Gasteiger partial charge in [-0.1, -0.05) is 11.3 Å². The molecule has 4 nitrogen and oxygen atoms in total. The maximum Gasteiger partial charge on any atom is 0.212 e. The summed E-state index contributed by atoms with van der Waals surface area (Å²) >= 11 is 1.58. The van der Waals surface area contributed by atoms with Gasteiger partial charge in [-0.3, -0.25) is 0 Å². The molecule has 0 saturated carbocycles. The molecule has 2 aromatic rings. The first-order valence-electron chi connectivity index (χ1n) is 4.41. The van der Waals surface area contributed by atoms with Crippen molar-refractivity contribution in [3.05, 3.63) is 16.9 Å². The van der Waals surface area contributed by atoms with Crippen LogP contribution in [0.2, 0.25) is 0 Å². The van der Waals surface area contributed by atoms with Crippen LogP contribution in [0.3, 0.4) is 0 Å². The van der Waals surface area contributed by atoms with E-state index >= 15 is 0 Å². The Labute approximate surface area is 86.5 Å². The molecule has 0 aliphatic carbocycles. The molecule has 0 bridgehead atoms. The van der Waals surface area contributed by atoms with E-state index in [4.69, 9.17) is 4.74 Å². The van der Waals surface area contributed by atoms with E-state index in [0.29, 0.717) is 0 Å². The van der Waals surface area contributed by atoms with Gasteiger partial charge in [-0.15, -0.1) is 0 Å². The Balaban J connectivity index is 2.50. The van der Waals surface area contributed by atoms with Crippen LogP contribution in [0.5, 0.6) is 0 Å². The van der Waals surface area contributed by atoms with Gasteiger partial charge in [0.25, 0.3) is 0 Å². The number of imidazole rings is 1. The lowest BCUT2D eigenvalue weighted by Crippen LogP contribution is -2.19. The van der Waals surface area contributed by atoms with Gasteiger partial charge in [0, 0.05) is 7.11 Å². The summed E-state index contributed by atoms with van der Waals surface area (Å²) in [7, 11) is 1.69. The van der Waals surface area contributed by atoms with Gasteiger partial charge in [-0.2, -0.15) is 5.10 Å². The van der Waals surface area contributed by atoms with Crippen LogP contribution in [0.25, 0.3) is 4.96 Å². The summed E-state index contributed by atoms with van der Waals surface area (Å²) in [5.41, 5.74) is 0.570. The Morgan fingerprint density at radius 3 is 2.79 bits per heavy atom. The van der Waals surface area contributed by atoms with Crippen molar-refractivity contribution >= 4 is 16.3 Å². The fourth-order valence-electron chi connectivity index (χ4n) is 1.19. The summed E-state index contributed by atoms with van der Waals surface area (Å²) in [5.74, 6) is 0. The average molecular weight is 211 g/mol. The second-order valence-corrected chi connectivity index (χ2v) is 4.85. The Hall–Kier alpha value is -0.940. The Bertz CT molecular complexity index is 426. The molecule has 0 radical (unpaired) electrons. The summed E-state index contributed by atoms with van der Waals surface area (Å²) in [6.45, 7) is 5.96. The number of rotatable bonds is 2. The van der Waals surface area contributed by atoms with Gasteiger partial charge in [0.15, 0.2) is 0 Å². The first-order valence-corrected chi connectivity index (χ1v) is 5.23. The summed E-state index contributed by atoms with van der Waals surface area (Å²) < 4.78 is 7.16. The first-order chi connectivity index (χ1) is 6.53. The number of hydrogen-bond acceptors (Lipinski definition) is 4. The maximum atomic E-state index is 5.35. The van der Waals surface area contributed by atoms with E-state index in [-0.39, 0.29) is 5.60 Å². The van der Waals surface area contributed by atoms with Crippen molar-refractivity contribution < 1.29 is 4.74 Å². The molecular weight excluding hydrogens is 198 g/mol. The highest BCUT2D eigenvalue weighted by Gasteiger charge is 2.23. The minimum atomic E-state index is -0.346. The topological polar surface area (TPSA) is 39.4 Å². The second kappa shape index (κ2) is 3.03. The normalized spacial score (nSPS) is 12.6. The van der Waals surface area contributed by atoms with E-state index in [1.165, 1.54) is 0 Å². The standard InChI is InChI=1S/C9H13N3OS/c1-6-11-12-5-7(9(2,3)13-4)10-8(12)14-6/h5H,1-4H3. The maximum absolute atomic E-state index is 5.35. The largest absolute Gasteiger partial charge is 0.372 e. The van der Waals surface area contributed by atoms with Crippen LogP contribution >= 0.6 is 11.3 Å². The number of ether oxygens (including phenoxy) is 1. The summed E-state index contributed by atoms with van der Waals surface area (Å²) in [6, 6.07) is 0. The molecule has 14 heavy (non-hydrogen) atoms. The molecule has 0 aliphatic rings. The lowest BCUT2D eigenvalue weighted by atomic mass is 10.1. The van der Waals surface area contributed by atoms with Gasteiger partial charge in [-0.25, -0.2) is 9.50 Å². The minimum absolute atomic E-state index is 0.346. The third-order valence-electron chi connectivity index (χ3n) is 2.27. The molecule has 0 aromatic carbocycles. The zero-order valence-electron chi connectivity index (χ0n) is 8.74. The molecule has 2 heterocycles. The SMILES string of the molecule is COC(C)(C)c1cn2nc(C)sc2n1. The number of methoxy groups -OCH3 is 1. The highest BCUT2D eigenvalue weighted by molar-refractivity contribution is 7.16. The average Bonchev–Trinajstić information content (AvgIpc) is 2.61. The Morgan fingerprint density at radius 2 is 2.21 bits per heavy atom. The van der Waals surface area contributed by atoms with Crippen molar-refractivity contribution in [2.45, 2.75) is 26.4 Å². The van der Waals surface area contributed by atoms with Crippen molar-refractivity contribution in [3.63, 3.8) is 0 Å². The van der Waals surface area contributed by atoms with E-state index < -0.39 is 0 Å². The lowest BCUT2D eigenvalue weighted by Gasteiger charge is -2.19. The Kier molecular flexibility index (Phi) is 2.08. The van der Waals surface area contributed by atoms with Crippen LogP contribution in [0.15, 0.2) is 6.20 Å². The van der Waals surface area contributed by atoms with Crippen LogP contribution in [0, 0.1) is 6.92 Å². The molecule has 0 unspecified atom stereocenters. The predicted molar refractivity (Wildman–Crippen MR) is 55.6 cm³/mol. The smallest absolute Gasteiger partial charge is 0.212 e. The predicted octanol–water partition coefficient (Wildman–Crippen LogP) is 1.98. The number of nitrogens with zero attached hydrogens (tertiary/aromatic N) is 3. The van der Waals surface area contributed by atoms with Gasteiger partial charge >= 0.3 is 0 Å². The third-order valence-corrected chi connectivity index (χ3v) is 3.11. The zero-order chi connectivity index (χ0) is 10.3. The Morgan fingerprint density at radius 1 is 1.50 bits per heavy atom. The zero-order valence-corrected chi connectivity index (χ0v) is 9.55. The van der Waals surface area contributed by atoms with Crippen molar-refractivity contribution in [2.75, 3.05) is 7.11 Å². The van der Waals surface area contributed by atoms with Crippen molar-refractivity contribution in [1.82, 2.24) is 14.6 Å².